The zero-order valence-corrected chi connectivity index (χ0v) is 9.41. The highest BCUT2D eigenvalue weighted by Gasteiger charge is 2.10. The molecule has 1 radical (unpaired) electrons. The molecule has 85 valence electrons. The third kappa shape index (κ3) is 3.43. The van der Waals surface area contributed by atoms with E-state index in [1.54, 1.807) is 6.29 Å². The summed E-state index contributed by atoms with van der Waals surface area (Å²) in [5.41, 5.74) is 5.47. The fraction of sp³-hybridized carbons (Fsp3) is 0.333. The van der Waals surface area contributed by atoms with Gasteiger partial charge in [0.1, 0.15) is 5.69 Å². The molecule has 0 fully saturated rings. The van der Waals surface area contributed by atoms with E-state index < -0.39 is 5.97 Å². The van der Waals surface area contributed by atoms with Gasteiger partial charge in [-0.25, -0.2) is 9.78 Å². The second kappa shape index (κ2) is 5.96. The number of anilines is 1. The van der Waals surface area contributed by atoms with Crippen LogP contribution in [0.4, 0.5) is 5.13 Å². The quantitative estimate of drug-likeness (QED) is 0.468. The van der Waals surface area contributed by atoms with Crippen molar-refractivity contribution in [2.24, 2.45) is 5.16 Å². The molecular formula is C9H10N3O3S. The molecular weight excluding hydrogens is 230 g/mol. The second-order valence-corrected chi connectivity index (χ2v) is 3.72. The Labute approximate surface area is 96.1 Å². The van der Waals surface area contributed by atoms with Gasteiger partial charge in [0.25, 0.3) is 6.29 Å². The molecule has 1 rings (SSSR count). The normalized spacial score (nSPS) is 11.2. The average Bonchev–Trinajstić information content (AvgIpc) is 2.66. The van der Waals surface area contributed by atoms with Crippen molar-refractivity contribution in [1.29, 1.82) is 0 Å². The second-order valence-electron chi connectivity index (χ2n) is 2.83. The molecule has 0 aliphatic heterocycles. The number of hydrogen-bond acceptors (Lipinski definition) is 7. The SMILES string of the molecule is CCCC(=O)ON=C([C]=O)c1csc(N)n1. The summed E-state index contributed by atoms with van der Waals surface area (Å²) < 4.78 is 0. The van der Waals surface area contributed by atoms with Crippen molar-refractivity contribution in [2.45, 2.75) is 19.8 Å². The number of oxime groups is 1. The number of carbonyl (C=O) groups is 1. The molecule has 0 unspecified atom stereocenters. The fourth-order valence-electron chi connectivity index (χ4n) is 0.860. The van der Waals surface area contributed by atoms with Gasteiger partial charge in [0.15, 0.2) is 10.8 Å². The summed E-state index contributed by atoms with van der Waals surface area (Å²) in [6.07, 6.45) is 2.44. The molecule has 7 heteroatoms. The van der Waals surface area contributed by atoms with Crippen LogP contribution in [-0.4, -0.2) is 23.0 Å². The van der Waals surface area contributed by atoms with E-state index in [1.165, 1.54) is 5.38 Å². The van der Waals surface area contributed by atoms with E-state index in [1.807, 2.05) is 6.92 Å². The van der Waals surface area contributed by atoms with Crippen LogP contribution < -0.4 is 5.73 Å². The predicted molar refractivity (Wildman–Crippen MR) is 59.8 cm³/mol. The Bertz CT molecular complexity index is 414. The van der Waals surface area contributed by atoms with E-state index in [-0.39, 0.29) is 17.8 Å². The maximum atomic E-state index is 11.0. The first-order chi connectivity index (χ1) is 7.67. The third-order valence-corrected chi connectivity index (χ3v) is 2.23. The summed E-state index contributed by atoms with van der Waals surface area (Å²) in [4.78, 5) is 29.9. The molecule has 1 aromatic rings. The van der Waals surface area contributed by atoms with E-state index in [4.69, 9.17) is 5.73 Å². The first kappa shape index (κ1) is 12.3. The Morgan fingerprint density at radius 3 is 3.00 bits per heavy atom. The first-order valence-corrected chi connectivity index (χ1v) is 5.42. The van der Waals surface area contributed by atoms with Gasteiger partial charge in [-0.2, -0.15) is 0 Å². The first-order valence-electron chi connectivity index (χ1n) is 4.54. The Morgan fingerprint density at radius 1 is 1.75 bits per heavy atom. The Hall–Kier alpha value is -1.76. The lowest BCUT2D eigenvalue weighted by atomic mass is 10.3. The van der Waals surface area contributed by atoms with Crippen molar-refractivity contribution in [3.05, 3.63) is 11.1 Å². The van der Waals surface area contributed by atoms with Gasteiger partial charge in [0, 0.05) is 11.8 Å². The van der Waals surface area contributed by atoms with Gasteiger partial charge in [0.05, 0.1) is 0 Å². The maximum absolute atomic E-state index is 11.0. The van der Waals surface area contributed by atoms with Crippen LogP contribution in [0.15, 0.2) is 10.5 Å². The van der Waals surface area contributed by atoms with E-state index in [9.17, 15) is 9.59 Å². The van der Waals surface area contributed by atoms with E-state index >= 15 is 0 Å². The van der Waals surface area contributed by atoms with E-state index in [2.05, 4.69) is 15.0 Å². The molecule has 0 aliphatic rings. The number of carbonyl (C=O) groups excluding carboxylic acids is 2. The molecule has 6 nitrogen and oxygen atoms in total. The van der Waals surface area contributed by atoms with E-state index in [0.717, 1.165) is 11.3 Å². The Morgan fingerprint density at radius 2 is 2.50 bits per heavy atom. The lowest BCUT2D eigenvalue weighted by molar-refractivity contribution is -0.143. The zero-order valence-electron chi connectivity index (χ0n) is 8.60. The highest BCUT2D eigenvalue weighted by atomic mass is 32.1. The molecule has 0 aliphatic carbocycles. The topological polar surface area (TPSA) is 94.6 Å². The summed E-state index contributed by atoms with van der Waals surface area (Å²) in [5.74, 6) is -0.501. The number of rotatable bonds is 5. The van der Waals surface area contributed by atoms with Crippen LogP contribution in [-0.2, 0) is 14.4 Å². The highest BCUT2D eigenvalue weighted by Crippen LogP contribution is 2.11. The Balaban J connectivity index is 2.71. The van der Waals surface area contributed by atoms with Crippen molar-refractivity contribution in [1.82, 2.24) is 4.98 Å². The summed E-state index contributed by atoms with van der Waals surface area (Å²) in [6, 6.07) is 0. The van der Waals surface area contributed by atoms with Crippen LogP contribution in [0, 0.1) is 0 Å². The minimum atomic E-state index is -0.501. The maximum Gasteiger partial charge on any atom is 0.335 e. The van der Waals surface area contributed by atoms with Crippen molar-refractivity contribution in [2.75, 3.05) is 5.73 Å². The molecule has 1 aromatic heterocycles. The third-order valence-electron chi connectivity index (χ3n) is 1.55. The number of nitrogens with two attached hydrogens (primary N) is 1. The molecule has 0 atom stereocenters. The standard InChI is InChI=1S/C9H10N3O3S/c1-2-3-8(14)15-12-6(4-13)7-5-16-9(10)11-7/h5H,2-3H2,1H3,(H2,10,11). The fourth-order valence-corrected chi connectivity index (χ4v) is 1.41. The van der Waals surface area contributed by atoms with Gasteiger partial charge in [-0.3, -0.25) is 4.79 Å². The van der Waals surface area contributed by atoms with Crippen LogP contribution in [0.1, 0.15) is 25.5 Å². The zero-order chi connectivity index (χ0) is 12.0. The number of nitrogen functional groups attached to an aromatic ring is 1. The van der Waals surface area contributed by atoms with Gasteiger partial charge in [-0.15, -0.1) is 11.3 Å². The van der Waals surface area contributed by atoms with Crippen LogP contribution in [0.25, 0.3) is 0 Å². The molecule has 0 spiro atoms. The predicted octanol–water partition coefficient (Wildman–Crippen LogP) is 0.882. The lowest BCUT2D eigenvalue weighted by Crippen LogP contribution is -2.07. The summed E-state index contributed by atoms with van der Waals surface area (Å²) in [6.45, 7) is 1.83. The van der Waals surface area contributed by atoms with E-state index in [0.29, 0.717) is 11.6 Å². The van der Waals surface area contributed by atoms with Gasteiger partial charge in [-0.05, 0) is 6.42 Å². The van der Waals surface area contributed by atoms with Gasteiger partial charge < -0.3 is 10.6 Å². The average molecular weight is 240 g/mol. The largest absolute Gasteiger partial charge is 0.375 e. The molecule has 16 heavy (non-hydrogen) atoms. The summed E-state index contributed by atoms with van der Waals surface area (Å²) in [5, 5.41) is 5.21. The number of hydrogen-bond donors (Lipinski definition) is 1. The van der Waals surface area contributed by atoms with Gasteiger partial charge in [-0.1, -0.05) is 12.1 Å². The Kier molecular flexibility index (Phi) is 4.59. The molecule has 0 saturated carbocycles. The van der Waals surface area contributed by atoms with Crippen LogP contribution >= 0.6 is 11.3 Å². The number of nitrogens with zero attached hydrogens (tertiary/aromatic N) is 2. The van der Waals surface area contributed by atoms with Crippen LogP contribution in [0.2, 0.25) is 0 Å². The van der Waals surface area contributed by atoms with Gasteiger partial charge >= 0.3 is 5.97 Å². The smallest absolute Gasteiger partial charge is 0.335 e. The minimum Gasteiger partial charge on any atom is -0.375 e. The summed E-state index contributed by atoms with van der Waals surface area (Å²) >= 11 is 1.16. The summed E-state index contributed by atoms with van der Waals surface area (Å²) in [7, 11) is 0. The number of aromatic nitrogens is 1. The van der Waals surface area contributed by atoms with Crippen molar-refractivity contribution < 1.29 is 14.4 Å². The van der Waals surface area contributed by atoms with Crippen LogP contribution in [0.5, 0.6) is 0 Å². The van der Waals surface area contributed by atoms with Crippen LogP contribution in [0.3, 0.4) is 0 Å². The molecule has 0 bridgehead atoms. The minimum absolute atomic E-state index is 0.169. The highest BCUT2D eigenvalue weighted by molar-refractivity contribution is 7.13. The molecule has 0 saturated heterocycles. The number of thiazole rings is 1. The monoisotopic (exact) mass is 240 g/mol. The molecule has 2 N–H and O–H groups in total. The van der Waals surface area contributed by atoms with Crippen molar-refractivity contribution in [3.63, 3.8) is 0 Å². The van der Waals surface area contributed by atoms with Crippen molar-refractivity contribution >= 4 is 34.4 Å². The van der Waals surface area contributed by atoms with Gasteiger partial charge in [0.2, 0.25) is 0 Å². The van der Waals surface area contributed by atoms with Crippen molar-refractivity contribution in [3.8, 4) is 0 Å². The molecule has 0 aromatic carbocycles. The molecule has 0 amide bonds. The lowest BCUT2D eigenvalue weighted by Gasteiger charge is -1.95. The molecule has 1 heterocycles.